The number of hydrogen-bond donors (Lipinski definition) is 2. The van der Waals surface area contributed by atoms with Crippen LogP contribution in [0.1, 0.15) is 17.7 Å². The van der Waals surface area contributed by atoms with Gasteiger partial charge in [-0.1, -0.05) is 28.6 Å². The molecule has 2 N–H and O–H groups in total. The molecule has 3 heterocycles. The number of nitrogens with one attached hydrogen (secondary N) is 2. The van der Waals surface area contributed by atoms with Crippen molar-refractivity contribution in [2.45, 2.75) is 24.0 Å². The van der Waals surface area contributed by atoms with Gasteiger partial charge in [-0.05, 0) is 12.1 Å². The van der Waals surface area contributed by atoms with Crippen LogP contribution < -0.4 is 10.0 Å². The fourth-order valence-corrected chi connectivity index (χ4v) is 4.56. The summed E-state index contributed by atoms with van der Waals surface area (Å²) in [6, 6.07) is 5.57. The second-order valence-electron chi connectivity index (χ2n) is 7.33. The first-order chi connectivity index (χ1) is 16.3. The third-order valence-electron chi connectivity index (χ3n) is 4.73. The summed E-state index contributed by atoms with van der Waals surface area (Å²) in [6.07, 6.45) is 4.58. The van der Waals surface area contributed by atoms with Crippen molar-refractivity contribution in [3.63, 3.8) is 0 Å². The molecular formula is C20H21FN6O5S2. The van der Waals surface area contributed by atoms with Crippen LogP contribution in [0.5, 0.6) is 0 Å². The number of rotatable bonds is 9. The van der Waals surface area contributed by atoms with Crippen LogP contribution in [0.2, 0.25) is 0 Å². The molecule has 0 saturated carbocycles. The van der Waals surface area contributed by atoms with Crippen LogP contribution in [0.4, 0.5) is 9.52 Å². The van der Waals surface area contributed by atoms with Crippen molar-refractivity contribution >= 4 is 38.1 Å². The quantitative estimate of drug-likeness (QED) is 0.331. The van der Waals surface area contributed by atoms with E-state index in [1.165, 1.54) is 24.3 Å². The van der Waals surface area contributed by atoms with E-state index in [1.807, 2.05) is 0 Å². The highest BCUT2D eigenvalue weighted by atomic mass is 32.2. The van der Waals surface area contributed by atoms with Crippen molar-refractivity contribution in [1.82, 2.24) is 19.3 Å². The minimum Gasteiger partial charge on any atom is -0.389 e. The molecule has 0 radical (unpaired) electrons. The molecule has 11 nitrogen and oxygen atoms in total. The fraction of sp³-hybridized carbons (Fsp3) is 0.300. The lowest BCUT2D eigenvalue weighted by Gasteiger charge is -2.10. The van der Waals surface area contributed by atoms with E-state index in [-0.39, 0.29) is 28.4 Å². The van der Waals surface area contributed by atoms with E-state index >= 15 is 0 Å². The number of oxime groups is 1. The van der Waals surface area contributed by atoms with Gasteiger partial charge >= 0.3 is 0 Å². The molecule has 1 atom stereocenters. The van der Waals surface area contributed by atoms with Crippen molar-refractivity contribution in [3.05, 3.63) is 59.4 Å². The number of carbonyl (C=O) groups is 1. The molecule has 1 aliphatic heterocycles. The minimum atomic E-state index is -3.82. The third-order valence-corrected chi connectivity index (χ3v) is 6.85. The molecule has 0 aliphatic carbocycles. The lowest BCUT2D eigenvalue weighted by atomic mass is 10.1. The fourth-order valence-electron chi connectivity index (χ4n) is 3.02. The SMILES string of the molecule is Cn1cnc(CNS(=O)(=O)c2ccc(/C(=N\O[C@@H]3CCOC3)C(=O)Nc3ncc(F)s3)cc2)c1. The van der Waals surface area contributed by atoms with Crippen LogP contribution >= 0.6 is 11.3 Å². The van der Waals surface area contributed by atoms with Gasteiger partial charge in [0.15, 0.2) is 22.1 Å². The zero-order valence-corrected chi connectivity index (χ0v) is 19.6. The first-order valence-electron chi connectivity index (χ1n) is 10.1. The zero-order valence-electron chi connectivity index (χ0n) is 18.0. The second kappa shape index (κ2) is 10.4. The Morgan fingerprint density at radius 1 is 1.35 bits per heavy atom. The molecular weight excluding hydrogens is 487 g/mol. The maximum Gasteiger partial charge on any atom is 0.280 e. The highest BCUT2D eigenvalue weighted by Crippen LogP contribution is 2.18. The van der Waals surface area contributed by atoms with Gasteiger partial charge < -0.3 is 14.1 Å². The molecule has 2 aromatic heterocycles. The van der Waals surface area contributed by atoms with Gasteiger partial charge in [0.2, 0.25) is 10.0 Å². The Kier molecular flexibility index (Phi) is 7.31. The van der Waals surface area contributed by atoms with Crippen molar-refractivity contribution < 1.29 is 27.2 Å². The van der Waals surface area contributed by atoms with Crippen LogP contribution in [0.15, 0.2) is 53.0 Å². The van der Waals surface area contributed by atoms with E-state index in [0.717, 1.165) is 6.20 Å². The Morgan fingerprint density at radius 3 is 2.76 bits per heavy atom. The Morgan fingerprint density at radius 2 is 2.15 bits per heavy atom. The number of ether oxygens (including phenoxy) is 1. The molecule has 0 unspecified atom stereocenters. The monoisotopic (exact) mass is 508 g/mol. The highest BCUT2D eigenvalue weighted by molar-refractivity contribution is 7.89. The number of thiazole rings is 1. The van der Waals surface area contributed by atoms with E-state index in [4.69, 9.17) is 9.57 Å². The van der Waals surface area contributed by atoms with Crippen molar-refractivity contribution in [2.24, 2.45) is 12.2 Å². The van der Waals surface area contributed by atoms with Crippen LogP contribution in [-0.2, 0) is 38.0 Å². The molecule has 0 spiro atoms. The van der Waals surface area contributed by atoms with E-state index in [2.05, 4.69) is 25.2 Å². The van der Waals surface area contributed by atoms with Gasteiger partial charge in [0.25, 0.3) is 5.91 Å². The smallest absolute Gasteiger partial charge is 0.280 e. The van der Waals surface area contributed by atoms with Gasteiger partial charge in [-0.3, -0.25) is 10.1 Å². The van der Waals surface area contributed by atoms with Crippen LogP contribution in [-0.4, -0.2) is 53.9 Å². The van der Waals surface area contributed by atoms with Gasteiger partial charge in [-0.25, -0.2) is 23.1 Å². The summed E-state index contributed by atoms with van der Waals surface area (Å²) in [5, 5.41) is 5.95. The predicted octanol–water partition coefficient (Wildman–Crippen LogP) is 1.64. The number of benzene rings is 1. The number of nitrogens with zero attached hydrogens (tertiary/aromatic N) is 4. The summed E-state index contributed by atoms with van der Waals surface area (Å²) in [4.78, 5) is 26.1. The van der Waals surface area contributed by atoms with E-state index < -0.39 is 21.1 Å². The lowest BCUT2D eigenvalue weighted by Crippen LogP contribution is -2.26. The first-order valence-corrected chi connectivity index (χ1v) is 12.4. The summed E-state index contributed by atoms with van der Waals surface area (Å²) in [7, 11) is -2.04. The van der Waals surface area contributed by atoms with Crippen molar-refractivity contribution in [1.29, 1.82) is 0 Å². The molecule has 1 fully saturated rings. The average Bonchev–Trinajstić information content (AvgIpc) is 3.56. The van der Waals surface area contributed by atoms with Gasteiger partial charge in [0.05, 0.1) is 42.9 Å². The summed E-state index contributed by atoms with van der Waals surface area (Å²) in [5.74, 6) is -0.683. The lowest BCUT2D eigenvalue weighted by molar-refractivity contribution is -0.110. The zero-order chi connectivity index (χ0) is 24.1. The number of aryl methyl sites for hydroxylation is 1. The number of carbonyl (C=O) groups excluding carboxylic acids is 1. The van der Waals surface area contributed by atoms with E-state index in [1.54, 1.807) is 24.1 Å². The van der Waals surface area contributed by atoms with Gasteiger partial charge in [0, 0.05) is 25.2 Å². The number of sulfonamides is 1. The number of hydrogen-bond acceptors (Lipinski definition) is 9. The Labute approximate surface area is 198 Å². The topological polar surface area (TPSA) is 137 Å². The number of halogens is 1. The van der Waals surface area contributed by atoms with E-state index in [9.17, 15) is 17.6 Å². The van der Waals surface area contributed by atoms with Crippen LogP contribution in [0.25, 0.3) is 0 Å². The van der Waals surface area contributed by atoms with Crippen LogP contribution in [0, 0.1) is 5.13 Å². The van der Waals surface area contributed by atoms with Crippen LogP contribution in [0.3, 0.4) is 0 Å². The standard InChI is InChI=1S/C20H21FN6O5S2/c1-27-10-14(23-12-27)8-24-34(29,30)16-4-2-13(3-5-16)18(26-32-15-6-7-31-11-15)19(28)25-20-22-9-17(21)33-20/h2-5,9-10,12,15,24H,6-8,11H2,1H3,(H,22,25,28)/b26-18+/t15-/m1/s1. The average molecular weight is 509 g/mol. The van der Waals surface area contributed by atoms with Crippen molar-refractivity contribution in [3.8, 4) is 0 Å². The molecule has 14 heteroatoms. The highest BCUT2D eigenvalue weighted by Gasteiger charge is 2.22. The summed E-state index contributed by atoms with van der Waals surface area (Å²) < 4.78 is 48.0. The first kappa shape index (κ1) is 23.9. The maximum absolute atomic E-state index is 13.3. The normalized spacial score (nSPS) is 16.5. The minimum absolute atomic E-state index is 0.000884. The molecule has 0 bridgehead atoms. The van der Waals surface area contributed by atoms with Crippen molar-refractivity contribution in [2.75, 3.05) is 18.5 Å². The Balaban J connectivity index is 1.51. The second-order valence-corrected chi connectivity index (χ2v) is 10.1. The number of anilines is 1. The van der Waals surface area contributed by atoms with E-state index in [0.29, 0.717) is 42.2 Å². The molecule has 1 aliphatic rings. The van der Waals surface area contributed by atoms with Gasteiger partial charge in [-0.2, -0.15) is 4.39 Å². The largest absolute Gasteiger partial charge is 0.389 e. The third kappa shape index (κ3) is 6.02. The molecule has 1 amide bonds. The number of imidazole rings is 1. The van der Waals surface area contributed by atoms with Gasteiger partial charge in [0.1, 0.15) is 0 Å². The molecule has 3 aromatic rings. The Hall–Kier alpha value is -3.20. The molecule has 1 aromatic carbocycles. The van der Waals surface area contributed by atoms with Gasteiger partial charge in [-0.15, -0.1) is 0 Å². The molecule has 180 valence electrons. The summed E-state index contributed by atoms with van der Waals surface area (Å²) in [5.41, 5.74) is 0.755. The number of amides is 1. The predicted molar refractivity (Wildman–Crippen MR) is 121 cm³/mol. The number of aromatic nitrogens is 3. The summed E-state index contributed by atoms with van der Waals surface area (Å²) in [6.45, 7) is 0.898. The summed E-state index contributed by atoms with van der Waals surface area (Å²) >= 11 is 0.663. The Bertz CT molecular complexity index is 1280. The molecule has 4 rings (SSSR count). The molecule has 34 heavy (non-hydrogen) atoms. The molecule has 1 saturated heterocycles. The maximum atomic E-state index is 13.3.